The second kappa shape index (κ2) is 5.16. The molecule has 0 unspecified atom stereocenters. The average Bonchev–Trinajstić information content (AvgIpc) is 3.04. The molecule has 1 aromatic heterocycles. The highest BCUT2D eigenvalue weighted by molar-refractivity contribution is 5.69. The first-order chi connectivity index (χ1) is 9.75. The van der Waals surface area contributed by atoms with Crippen LogP contribution in [0.2, 0.25) is 0 Å². The number of rotatable bonds is 4. The summed E-state index contributed by atoms with van der Waals surface area (Å²) < 4.78 is 7.28. The maximum atomic E-state index is 12.1. The molecular formula is C12H13N5O3. The van der Waals surface area contributed by atoms with Gasteiger partial charge in [0, 0.05) is 6.54 Å². The number of carbonyl (C=O) groups excluding carboxylic acids is 1. The molecule has 0 aliphatic carbocycles. The third kappa shape index (κ3) is 2.27. The summed E-state index contributed by atoms with van der Waals surface area (Å²) in [5, 5.41) is 7.65. The lowest BCUT2D eigenvalue weighted by molar-refractivity contribution is 0.157. The minimum absolute atomic E-state index is 0.292. The molecule has 0 bridgehead atoms. The van der Waals surface area contributed by atoms with Gasteiger partial charge in [0.2, 0.25) is 0 Å². The van der Waals surface area contributed by atoms with Crippen molar-refractivity contribution in [2.45, 2.75) is 6.54 Å². The molecule has 1 aliphatic heterocycles. The highest BCUT2D eigenvalue weighted by Crippen LogP contribution is 2.03. The molecule has 1 aromatic carbocycles. The van der Waals surface area contributed by atoms with Crippen LogP contribution in [0.1, 0.15) is 0 Å². The number of hydrogen-bond donors (Lipinski definition) is 0. The summed E-state index contributed by atoms with van der Waals surface area (Å²) in [5.74, 6) is 0. The van der Waals surface area contributed by atoms with Gasteiger partial charge in [-0.2, -0.15) is 9.36 Å². The Morgan fingerprint density at radius 3 is 2.60 bits per heavy atom. The van der Waals surface area contributed by atoms with Crippen LogP contribution in [-0.2, 0) is 11.3 Å². The fourth-order valence-corrected chi connectivity index (χ4v) is 1.99. The number of tetrazole rings is 1. The zero-order valence-electron chi connectivity index (χ0n) is 10.7. The molecule has 0 saturated carbocycles. The van der Waals surface area contributed by atoms with Crippen molar-refractivity contribution in [1.82, 2.24) is 24.7 Å². The number of ether oxygens (including phenoxy) is 1. The number of carbonyl (C=O) groups is 1. The Labute approximate surface area is 114 Å². The Morgan fingerprint density at radius 1 is 1.10 bits per heavy atom. The molecule has 1 amide bonds. The predicted octanol–water partition coefficient (Wildman–Crippen LogP) is -0.119. The number of nitrogens with zero attached hydrogens (tertiary/aromatic N) is 5. The smallest absolute Gasteiger partial charge is 0.410 e. The lowest BCUT2D eigenvalue weighted by atomic mass is 10.3. The van der Waals surface area contributed by atoms with Crippen molar-refractivity contribution in [2.24, 2.45) is 0 Å². The Bertz CT molecular complexity index is 663. The highest BCUT2D eigenvalue weighted by Gasteiger charge is 2.22. The van der Waals surface area contributed by atoms with E-state index in [4.69, 9.17) is 4.74 Å². The third-order valence-electron chi connectivity index (χ3n) is 3.07. The van der Waals surface area contributed by atoms with Gasteiger partial charge in [0.15, 0.2) is 0 Å². The molecule has 1 fully saturated rings. The number of aromatic nitrogens is 4. The summed E-state index contributed by atoms with van der Waals surface area (Å²) in [6.07, 6.45) is -0.353. The van der Waals surface area contributed by atoms with Crippen molar-refractivity contribution in [1.29, 1.82) is 0 Å². The molecule has 1 aliphatic rings. The van der Waals surface area contributed by atoms with Gasteiger partial charge < -0.3 is 9.64 Å². The monoisotopic (exact) mass is 275 g/mol. The Hall–Kier alpha value is -2.64. The molecule has 20 heavy (non-hydrogen) atoms. The number of para-hydroxylation sites is 1. The first-order valence-electron chi connectivity index (χ1n) is 6.25. The predicted molar refractivity (Wildman–Crippen MR) is 68.5 cm³/mol. The molecule has 2 aromatic rings. The van der Waals surface area contributed by atoms with E-state index >= 15 is 0 Å². The number of hydrogen-bond acceptors (Lipinski definition) is 5. The average molecular weight is 275 g/mol. The Balaban J connectivity index is 1.74. The molecule has 1 saturated heterocycles. The fraction of sp³-hybridized carbons (Fsp3) is 0.333. The maximum absolute atomic E-state index is 12.1. The van der Waals surface area contributed by atoms with E-state index in [1.54, 1.807) is 12.1 Å². The van der Waals surface area contributed by atoms with Gasteiger partial charge in [-0.05, 0) is 22.6 Å². The fourth-order valence-electron chi connectivity index (χ4n) is 1.99. The van der Waals surface area contributed by atoms with Crippen molar-refractivity contribution in [3.05, 3.63) is 40.8 Å². The first-order valence-corrected chi connectivity index (χ1v) is 6.25. The van der Waals surface area contributed by atoms with Crippen molar-refractivity contribution in [3.8, 4) is 5.69 Å². The first kappa shape index (κ1) is 12.4. The molecule has 104 valence electrons. The normalized spacial score (nSPS) is 14.6. The Kier molecular flexibility index (Phi) is 3.20. The van der Waals surface area contributed by atoms with Gasteiger partial charge in [-0.25, -0.2) is 9.59 Å². The van der Waals surface area contributed by atoms with E-state index in [0.717, 1.165) is 0 Å². The molecule has 0 spiro atoms. The largest absolute Gasteiger partial charge is 0.448 e. The standard InChI is InChI=1S/C12H13N5O3/c18-11-16(7-6-15-8-9-20-12(15)19)13-14-17(11)10-4-2-1-3-5-10/h1-5H,6-9H2. The number of cyclic esters (lactones) is 1. The van der Waals surface area contributed by atoms with E-state index < -0.39 is 0 Å². The van der Waals surface area contributed by atoms with Crippen molar-refractivity contribution in [2.75, 3.05) is 19.7 Å². The van der Waals surface area contributed by atoms with Crippen LogP contribution in [-0.4, -0.2) is 50.5 Å². The van der Waals surface area contributed by atoms with Crippen LogP contribution in [0, 0.1) is 0 Å². The molecular weight excluding hydrogens is 262 g/mol. The van der Waals surface area contributed by atoms with Gasteiger partial charge >= 0.3 is 11.8 Å². The number of amides is 1. The molecule has 3 rings (SSSR count). The molecule has 0 atom stereocenters. The second-order valence-electron chi connectivity index (χ2n) is 4.33. The van der Waals surface area contributed by atoms with E-state index in [9.17, 15) is 9.59 Å². The topological polar surface area (TPSA) is 82.2 Å². The summed E-state index contributed by atoms with van der Waals surface area (Å²) in [7, 11) is 0. The summed E-state index contributed by atoms with van der Waals surface area (Å²) in [4.78, 5) is 24.9. The molecule has 2 heterocycles. The minimum atomic E-state index is -0.353. The van der Waals surface area contributed by atoms with Crippen molar-refractivity contribution < 1.29 is 9.53 Å². The van der Waals surface area contributed by atoms with Crippen molar-refractivity contribution in [3.63, 3.8) is 0 Å². The SMILES string of the molecule is O=C1OCCN1CCn1nnn(-c2ccccc2)c1=O. The number of benzene rings is 1. The van der Waals surface area contributed by atoms with Crippen LogP contribution in [0.4, 0.5) is 4.79 Å². The lowest BCUT2D eigenvalue weighted by Gasteiger charge is -2.10. The van der Waals surface area contributed by atoms with Crippen LogP contribution in [0.5, 0.6) is 0 Å². The van der Waals surface area contributed by atoms with Gasteiger partial charge in [-0.1, -0.05) is 18.2 Å². The quantitative estimate of drug-likeness (QED) is 0.777. The maximum Gasteiger partial charge on any atom is 0.410 e. The van der Waals surface area contributed by atoms with Crippen LogP contribution >= 0.6 is 0 Å². The van der Waals surface area contributed by atoms with E-state index in [1.165, 1.54) is 14.3 Å². The van der Waals surface area contributed by atoms with E-state index in [-0.39, 0.29) is 11.8 Å². The van der Waals surface area contributed by atoms with E-state index in [1.807, 2.05) is 18.2 Å². The van der Waals surface area contributed by atoms with Crippen LogP contribution < -0.4 is 5.69 Å². The van der Waals surface area contributed by atoms with Crippen LogP contribution in [0.15, 0.2) is 35.1 Å². The molecule has 0 radical (unpaired) electrons. The minimum Gasteiger partial charge on any atom is -0.448 e. The second-order valence-corrected chi connectivity index (χ2v) is 4.33. The molecule has 8 nitrogen and oxygen atoms in total. The van der Waals surface area contributed by atoms with Crippen molar-refractivity contribution >= 4 is 6.09 Å². The van der Waals surface area contributed by atoms with Gasteiger partial charge in [0.1, 0.15) is 6.61 Å². The zero-order chi connectivity index (χ0) is 13.9. The van der Waals surface area contributed by atoms with Gasteiger partial charge in [-0.15, -0.1) is 0 Å². The molecule has 0 N–H and O–H groups in total. The third-order valence-corrected chi connectivity index (χ3v) is 3.07. The van der Waals surface area contributed by atoms with Gasteiger partial charge in [0.25, 0.3) is 0 Å². The summed E-state index contributed by atoms with van der Waals surface area (Å²) in [5.41, 5.74) is 0.327. The summed E-state index contributed by atoms with van der Waals surface area (Å²) in [6.45, 7) is 1.61. The highest BCUT2D eigenvalue weighted by atomic mass is 16.6. The van der Waals surface area contributed by atoms with Crippen LogP contribution in [0.25, 0.3) is 5.69 Å². The van der Waals surface area contributed by atoms with Gasteiger partial charge in [0.05, 0.1) is 18.8 Å². The Morgan fingerprint density at radius 2 is 1.90 bits per heavy atom. The van der Waals surface area contributed by atoms with Gasteiger partial charge in [-0.3, -0.25) is 0 Å². The summed E-state index contributed by atoms with van der Waals surface area (Å²) >= 11 is 0. The molecule has 8 heteroatoms. The van der Waals surface area contributed by atoms with Crippen LogP contribution in [0.3, 0.4) is 0 Å². The summed E-state index contributed by atoms with van der Waals surface area (Å²) in [6, 6.07) is 9.05. The lowest BCUT2D eigenvalue weighted by Crippen LogP contribution is -2.32. The van der Waals surface area contributed by atoms with E-state index in [0.29, 0.717) is 31.9 Å². The zero-order valence-corrected chi connectivity index (χ0v) is 10.7. The van der Waals surface area contributed by atoms with E-state index in [2.05, 4.69) is 10.4 Å².